The third-order valence-corrected chi connectivity index (χ3v) is 2.59. The second kappa shape index (κ2) is 5.11. The van der Waals surface area contributed by atoms with Gasteiger partial charge in [0.15, 0.2) is 0 Å². The fourth-order valence-electron chi connectivity index (χ4n) is 1.05. The standard InChI is InChI=1S/C8H6BrClN6O/c9-6-2-5(10)1-4(7(6)17)3-11-12-8-13-15-16-14-8/h1-3,17H,(H2,12,13,14,15,16). The topological polar surface area (TPSA) is 99.1 Å². The zero-order valence-electron chi connectivity index (χ0n) is 8.22. The molecule has 0 aliphatic carbocycles. The largest absolute Gasteiger partial charge is 0.506 e. The number of hydrogen-bond acceptors (Lipinski definition) is 6. The Morgan fingerprint density at radius 3 is 3.06 bits per heavy atom. The minimum atomic E-state index is 0.0491. The van der Waals surface area contributed by atoms with Gasteiger partial charge in [0.1, 0.15) is 5.75 Å². The molecule has 7 nitrogen and oxygen atoms in total. The van der Waals surface area contributed by atoms with Crippen LogP contribution in [0.4, 0.5) is 5.95 Å². The van der Waals surface area contributed by atoms with Crippen LogP contribution in [0, 0.1) is 0 Å². The summed E-state index contributed by atoms with van der Waals surface area (Å²) in [6.45, 7) is 0. The van der Waals surface area contributed by atoms with Gasteiger partial charge < -0.3 is 5.11 Å². The van der Waals surface area contributed by atoms with E-state index in [0.717, 1.165) is 0 Å². The molecule has 1 aromatic carbocycles. The molecule has 0 saturated carbocycles. The molecule has 0 amide bonds. The number of nitrogens with one attached hydrogen (secondary N) is 2. The van der Waals surface area contributed by atoms with E-state index < -0.39 is 0 Å². The molecule has 88 valence electrons. The Morgan fingerprint density at radius 1 is 1.53 bits per heavy atom. The van der Waals surface area contributed by atoms with Gasteiger partial charge in [0.05, 0.1) is 10.7 Å². The summed E-state index contributed by atoms with van der Waals surface area (Å²) in [5.74, 6) is 0.273. The van der Waals surface area contributed by atoms with Gasteiger partial charge in [0.25, 0.3) is 5.95 Å². The minimum Gasteiger partial charge on any atom is -0.506 e. The molecule has 0 spiro atoms. The molecule has 0 bridgehead atoms. The van der Waals surface area contributed by atoms with Gasteiger partial charge in [0.2, 0.25) is 0 Å². The van der Waals surface area contributed by atoms with E-state index in [4.69, 9.17) is 11.6 Å². The Labute approximate surface area is 109 Å². The lowest BCUT2D eigenvalue weighted by atomic mass is 10.2. The first kappa shape index (κ1) is 11.8. The van der Waals surface area contributed by atoms with E-state index in [9.17, 15) is 5.11 Å². The molecule has 1 aromatic heterocycles. The molecule has 0 radical (unpaired) electrons. The lowest BCUT2D eigenvalue weighted by Crippen LogP contribution is -1.93. The number of anilines is 1. The van der Waals surface area contributed by atoms with Crippen molar-refractivity contribution in [1.82, 2.24) is 20.6 Å². The summed E-state index contributed by atoms with van der Waals surface area (Å²) < 4.78 is 0.492. The maximum Gasteiger partial charge on any atom is 0.283 e. The monoisotopic (exact) mass is 316 g/mol. The number of nitrogens with zero attached hydrogens (tertiary/aromatic N) is 4. The number of hydrogen-bond donors (Lipinski definition) is 3. The summed E-state index contributed by atoms with van der Waals surface area (Å²) in [5, 5.41) is 26.9. The molecule has 3 N–H and O–H groups in total. The van der Waals surface area contributed by atoms with Crippen molar-refractivity contribution in [2.75, 3.05) is 5.43 Å². The molecule has 0 unspecified atom stereocenters. The number of hydrazone groups is 1. The van der Waals surface area contributed by atoms with E-state index in [-0.39, 0.29) is 11.7 Å². The molecular weight excluding hydrogens is 311 g/mol. The Hall–Kier alpha value is -1.67. The van der Waals surface area contributed by atoms with Crippen molar-refractivity contribution in [3.05, 3.63) is 27.2 Å². The number of aromatic amines is 1. The van der Waals surface area contributed by atoms with Crippen molar-refractivity contribution in [3.8, 4) is 5.75 Å². The van der Waals surface area contributed by atoms with Gasteiger partial charge in [-0.15, -0.1) is 5.10 Å². The number of phenols is 1. The van der Waals surface area contributed by atoms with Crippen LogP contribution in [0.1, 0.15) is 5.56 Å². The molecule has 0 saturated heterocycles. The van der Waals surface area contributed by atoms with Gasteiger partial charge in [0, 0.05) is 10.6 Å². The maximum atomic E-state index is 9.70. The molecule has 2 aromatic rings. The van der Waals surface area contributed by atoms with E-state index in [2.05, 4.69) is 47.1 Å². The highest BCUT2D eigenvalue weighted by molar-refractivity contribution is 9.10. The van der Waals surface area contributed by atoms with E-state index in [1.54, 1.807) is 12.1 Å². The predicted octanol–water partition coefficient (Wildman–Crippen LogP) is 1.77. The van der Waals surface area contributed by atoms with Crippen molar-refractivity contribution < 1.29 is 5.11 Å². The van der Waals surface area contributed by atoms with Crippen LogP contribution >= 0.6 is 27.5 Å². The Morgan fingerprint density at radius 2 is 2.35 bits per heavy atom. The van der Waals surface area contributed by atoms with Crippen LogP contribution in [0.2, 0.25) is 5.02 Å². The number of rotatable bonds is 3. The number of aromatic hydroxyl groups is 1. The number of tetrazole rings is 1. The van der Waals surface area contributed by atoms with E-state index in [0.29, 0.717) is 15.1 Å². The van der Waals surface area contributed by atoms with Crippen molar-refractivity contribution in [1.29, 1.82) is 0 Å². The second-order valence-corrected chi connectivity index (χ2v) is 4.22. The van der Waals surface area contributed by atoms with Gasteiger partial charge in [-0.2, -0.15) is 10.3 Å². The van der Waals surface area contributed by atoms with Crippen molar-refractivity contribution in [2.24, 2.45) is 5.10 Å². The quantitative estimate of drug-likeness (QED) is 0.592. The van der Waals surface area contributed by atoms with Crippen LogP contribution in [-0.4, -0.2) is 31.9 Å². The Balaban J connectivity index is 2.15. The normalized spacial score (nSPS) is 10.9. The highest BCUT2D eigenvalue weighted by Gasteiger charge is 2.05. The highest BCUT2D eigenvalue weighted by atomic mass is 79.9. The van der Waals surface area contributed by atoms with Gasteiger partial charge >= 0.3 is 0 Å². The summed E-state index contributed by atoms with van der Waals surface area (Å²) in [4.78, 5) is 0. The Kier molecular flexibility index (Phi) is 3.55. The van der Waals surface area contributed by atoms with E-state index in [1.165, 1.54) is 6.21 Å². The van der Waals surface area contributed by atoms with Crippen molar-refractivity contribution >= 4 is 39.7 Å². The number of halogens is 2. The molecular formula is C8H6BrClN6O. The summed E-state index contributed by atoms with van der Waals surface area (Å²) in [6, 6.07) is 3.16. The summed E-state index contributed by atoms with van der Waals surface area (Å²) in [6.07, 6.45) is 1.39. The SMILES string of the molecule is Oc1c(Br)cc(Cl)cc1C=NNc1nn[nH]n1. The van der Waals surface area contributed by atoms with Crippen LogP contribution in [0.15, 0.2) is 21.7 Å². The lowest BCUT2D eigenvalue weighted by Gasteiger charge is -2.02. The summed E-state index contributed by atoms with van der Waals surface area (Å²) in [7, 11) is 0. The fraction of sp³-hybridized carbons (Fsp3) is 0. The number of benzene rings is 1. The number of H-pyrrole nitrogens is 1. The second-order valence-electron chi connectivity index (χ2n) is 2.93. The fourth-order valence-corrected chi connectivity index (χ4v) is 1.89. The van der Waals surface area contributed by atoms with Crippen LogP contribution in [0.5, 0.6) is 5.75 Å². The molecule has 0 aliphatic rings. The average molecular weight is 318 g/mol. The molecule has 0 atom stereocenters. The molecule has 1 heterocycles. The van der Waals surface area contributed by atoms with Crippen molar-refractivity contribution in [3.63, 3.8) is 0 Å². The van der Waals surface area contributed by atoms with Crippen LogP contribution in [-0.2, 0) is 0 Å². The van der Waals surface area contributed by atoms with Crippen molar-refractivity contribution in [2.45, 2.75) is 0 Å². The zero-order valence-corrected chi connectivity index (χ0v) is 10.6. The van der Waals surface area contributed by atoms with Gasteiger partial charge in [-0.1, -0.05) is 16.7 Å². The first-order valence-electron chi connectivity index (χ1n) is 4.37. The lowest BCUT2D eigenvalue weighted by molar-refractivity contribution is 0.471. The average Bonchev–Trinajstić information content (AvgIpc) is 2.78. The first-order valence-corrected chi connectivity index (χ1v) is 5.54. The molecule has 17 heavy (non-hydrogen) atoms. The smallest absolute Gasteiger partial charge is 0.283 e. The van der Waals surface area contributed by atoms with E-state index in [1.807, 2.05) is 0 Å². The van der Waals surface area contributed by atoms with Crippen LogP contribution in [0.3, 0.4) is 0 Å². The Bertz CT molecular complexity index is 543. The highest BCUT2D eigenvalue weighted by Crippen LogP contribution is 2.30. The number of aromatic nitrogens is 4. The predicted molar refractivity (Wildman–Crippen MR) is 66.2 cm³/mol. The summed E-state index contributed by atoms with van der Waals surface area (Å²) in [5.41, 5.74) is 2.98. The zero-order chi connectivity index (χ0) is 12.3. The third-order valence-electron chi connectivity index (χ3n) is 1.77. The van der Waals surface area contributed by atoms with Gasteiger partial charge in [-0.05, 0) is 33.3 Å². The molecule has 9 heteroatoms. The third kappa shape index (κ3) is 2.92. The summed E-state index contributed by atoms with van der Waals surface area (Å²) >= 11 is 9.01. The molecule has 0 aliphatic heterocycles. The first-order chi connectivity index (χ1) is 8.16. The molecule has 2 rings (SSSR count). The van der Waals surface area contributed by atoms with Crippen LogP contribution < -0.4 is 5.43 Å². The maximum absolute atomic E-state index is 9.70. The van der Waals surface area contributed by atoms with Gasteiger partial charge in [-0.25, -0.2) is 5.43 Å². The van der Waals surface area contributed by atoms with E-state index >= 15 is 0 Å². The molecule has 0 fully saturated rings. The van der Waals surface area contributed by atoms with Crippen LogP contribution in [0.25, 0.3) is 0 Å². The number of phenolic OH excluding ortho intramolecular Hbond substituents is 1. The minimum absolute atomic E-state index is 0.0491. The van der Waals surface area contributed by atoms with Gasteiger partial charge in [-0.3, -0.25) is 0 Å².